The van der Waals surface area contributed by atoms with E-state index in [9.17, 15) is 0 Å². The Morgan fingerprint density at radius 1 is 0.524 bits per heavy atom. The van der Waals surface area contributed by atoms with Crippen molar-refractivity contribution in [1.29, 1.82) is 0 Å². The summed E-state index contributed by atoms with van der Waals surface area (Å²) < 4.78 is 6.32. The summed E-state index contributed by atoms with van der Waals surface area (Å²) in [6.07, 6.45) is 16.9. The van der Waals surface area contributed by atoms with E-state index in [0.717, 1.165) is 59.6 Å². The minimum atomic E-state index is 0.720. The van der Waals surface area contributed by atoms with Gasteiger partial charge in [0.05, 0.1) is 12.2 Å². The summed E-state index contributed by atoms with van der Waals surface area (Å²) >= 11 is 0. The van der Waals surface area contributed by atoms with Gasteiger partial charge in [0.1, 0.15) is 0 Å². The molecule has 0 aromatic carbocycles. The molecule has 1 heteroatoms. The molecule has 5 aliphatic carbocycles. The standard InChI is InChI=1S/C20H30O/c1-2-6-13-12(4-1)10-16-18-14(13)9-8-11-5-3-7-15(17(11)18)19-20(16)21-19/h11-20H,1-10H2. The molecule has 0 amide bonds. The van der Waals surface area contributed by atoms with E-state index in [1.807, 2.05) is 0 Å². The fourth-order valence-corrected chi connectivity index (χ4v) is 8.43. The molecule has 0 radical (unpaired) electrons. The van der Waals surface area contributed by atoms with Gasteiger partial charge in [0.15, 0.2) is 0 Å². The zero-order valence-electron chi connectivity index (χ0n) is 13.3. The third-order valence-electron chi connectivity index (χ3n) is 8.95. The van der Waals surface area contributed by atoms with Crippen molar-refractivity contribution in [2.45, 2.75) is 76.4 Å². The van der Waals surface area contributed by atoms with E-state index in [2.05, 4.69) is 0 Å². The van der Waals surface area contributed by atoms with Crippen molar-refractivity contribution >= 4 is 0 Å². The molecule has 0 aromatic rings. The SMILES string of the molecule is C1CCC2C(C1)CC1C3OC3C3CCCC4CCC2C1C43. The molecule has 6 aliphatic rings. The summed E-state index contributed by atoms with van der Waals surface area (Å²) in [4.78, 5) is 0. The van der Waals surface area contributed by atoms with Crippen LogP contribution in [0.2, 0.25) is 0 Å². The predicted octanol–water partition coefficient (Wildman–Crippen LogP) is 4.65. The van der Waals surface area contributed by atoms with Crippen molar-refractivity contribution < 1.29 is 4.74 Å². The maximum absolute atomic E-state index is 6.32. The van der Waals surface area contributed by atoms with Gasteiger partial charge in [0.25, 0.3) is 0 Å². The van der Waals surface area contributed by atoms with Gasteiger partial charge in [-0.05, 0) is 79.4 Å². The van der Waals surface area contributed by atoms with Crippen molar-refractivity contribution in [2.24, 2.45) is 47.3 Å². The largest absolute Gasteiger partial charge is 0.369 e. The third-order valence-corrected chi connectivity index (χ3v) is 8.95. The number of ether oxygens (including phenoxy) is 1. The Hall–Kier alpha value is -0.0400. The molecule has 1 heterocycles. The summed E-state index contributed by atoms with van der Waals surface area (Å²) in [6.45, 7) is 0. The number of rotatable bonds is 0. The van der Waals surface area contributed by atoms with E-state index in [4.69, 9.17) is 4.74 Å². The first-order valence-electron chi connectivity index (χ1n) is 10.1. The highest BCUT2D eigenvalue weighted by Crippen LogP contribution is 2.67. The van der Waals surface area contributed by atoms with E-state index in [1.54, 1.807) is 38.5 Å². The Morgan fingerprint density at radius 2 is 1.33 bits per heavy atom. The van der Waals surface area contributed by atoms with Gasteiger partial charge in [-0.25, -0.2) is 0 Å². The predicted molar refractivity (Wildman–Crippen MR) is 82.8 cm³/mol. The summed E-state index contributed by atoms with van der Waals surface area (Å²) in [6, 6.07) is 0. The number of hydrogen-bond donors (Lipinski definition) is 0. The van der Waals surface area contributed by atoms with Crippen LogP contribution >= 0.6 is 0 Å². The molecule has 0 aromatic heterocycles. The number of epoxide rings is 1. The lowest BCUT2D eigenvalue weighted by Gasteiger charge is -2.60. The molecule has 1 saturated heterocycles. The summed E-state index contributed by atoms with van der Waals surface area (Å²) in [5.74, 6) is 8.58. The Morgan fingerprint density at radius 3 is 2.33 bits per heavy atom. The zero-order chi connectivity index (χ0) is 13.6. The highest BCUT2D eigenvalue weighted by molar-refractivity contribution is 5.14. The second kappa shape index (κ2) is 4.28. The van der Waals surface area contributed by atoms with Crippen molar-refractivity contribution in [3.8, 4) is 0 Å². The fourth-order valence-electron chi connectivity index (χ4n) is 8.43. The normalized spacial score (nSPS) is 64.0. The van der Waals surface area contributed by atoms with Gasteiger partial charge in [-0.15, -0.1) is 0 Å². The van der Waals surface area contributed by atoms with Crippen LogP contribution in [0, 0.1) is 47.3 Å². The van der Waals surface area contributed by atoms with Crippen LogP contribution in [-0.4, -0.2) is 12.2 Å². The second-order valence-electron chi connectivity index (χ2n) is 9.42. The summed E-state index contributed by atoms with van der Waals surface area (Å²) in [7, 11) is 0. The molecule has 116 valence electrons. The van der Waals surface area contributed by atoms with Crippen molar-refractivity contribution in [3.05, 3.63) is 0 Å². The molecule has 0 bridgehead atoms. The molecule has 10 unspecified atom stereocenters. The van der Waals surface area contributed by atoms with Crippen molar-refractivity contribution in [1.82, 2.24) is 0 Å². The summed E-state index contributed by atoms with van der Waals surface area (Å²) in [5, 5.41) is 0. The van der Waals surface area contributed by atoms with Crippen LogP contribution in [0.25, 0.3) is 0 Å². The van der Waals surface area contributed by atoms with Crippen LogP contribution in [-0.2, 0) is 4.74 Å². The molecule has 0 N–H and O–H groups in total. The third kappa shape index (κ3) is 1.57. The van der Waals surface area contributed by atoms with Crippen LogP contribution in [0.4, 0.5) is 0 Å². The van der Waals surface area contributed by atoms with Crippen LogP contribution in [0.3, 0.4) is 0 Å². The van der Waals surface area contributed by atoms with Gasteiger partial charge in [-0.3, -0.25) is 0 Å². The van der Waals surface area contributed by atoms with E-state index < -0.39 is 0 Å². The first-order valence-corrected chi connectivity index (χ1v) is 10.1. The molecule has 6 fully saturated rings. The minimum absolute atomic E-state index is 0.720. The van der Waals surface area contributed by atoms with Crippen LogP contribution in [0.5, 0.6) is 0 Å². The second-order valence-corrected chi connectivity index (χ2v) is 9.42. The van der Waals surface area contributed by atoms with Crippen LogP contribution in [0.15, 0.2) is 0 Å². The maximum Gasteiger partial charge on any atom is 0.0875 e. The molecule has 10 atom stereocenters. The van der Waals surface area contributed by atoms with Gasteiger partial charge in [0.2, 0.25) is 0 Å². The molecule has 5 saturated carbocycles. The lowest BCUT2D eigenvalue weighted by atomic mass is 9.44. The quantitative estimate of drug-likeness (QED) is 0.590. The highest BCUT2D eigenvalue weighted by Gasteiger charge is 2.66. The van der Waals surface area contributed by atoms with E-state index in [-0.39, 0.29) is 0 Å². The minimum Gasteiger partial charge on any atom is -0.369 e. The van der Waals surface area contributed by atoms with Crippen LogP contribution in [0.1, 0.15) is 64.2 Å². The first kappa shape index (κ1) is 12.4. The van der Waals surface area contributed by atoms with Gasteiger partial charge >= 0.3 is 0 Å². The number of hydrogen-bond acceptors (Lipinski definition) is 1. The average Bonchev–Trinajstić information content (AvgIpc) is 3.34. The Labute approximate surface area is 129 Å². The molecule has 6 rings (SSSR count). The van der Waals surface area contributed by atoms with Crippen molar-refractivity contribution in [2.75, 3.05) is 0 Å². The summed E-state index contributed by atoms with van der Waals surface area (Å²) in [5.41, 5.74) is 0. The van der Waals surface area contributed by atoms with Gasteiger partial charge in [-0.2, -0.15) is 0 Å². The molecule has 0 spiro atoms. The number of fused-ring (bicyclic) bond motifs is 5. The lowest BCUT2D eigenvalue weighted by molar-refractivity contribution is -0.110. The Kier molecular flexibility index (Phi) is 2.52. The molecule has 21 heavy (non-hydrogen) atoms. The monoisotopic (exact) mass is 286 g/mol. The topological polar surface area (TPSA) is 12.5 Å². The van der Waals surface area contributed by atoms with E-state index >= 15 is 0 Å². The molecular weight excluding hydrogens is 256 g/mol. The highest BCUT2D eigenvalue weighted by atomic mass is 16.6. The van der Waals surface area contributed by atoms with Crippen molar-refractivity contribution in [3.63, 3.8) is 0 Å². The van der Waals surface area contributed by atoms with Gasteiger partial charge in [0, 0.05) is 0 Å². The average molecular weight is 286 g/mol. The maximum atomic E-state index is 6.32. The fraction of sp³-hybridized carbons (Fsp3) is 1.00. The lowest BCUT2D eigenvalue weighted by Crippen LogP contribution is -2.56. The molecule has 1 nitrogen and oxygen atoms in total. The van der Waals surface area contributed by atoms with Gasteiger partial charge < -0.3 is 4.74 Å². The van der Waals surface area contributed by atoms with Crippen LogP contribution < -0.4 is 0 Å². The molecular formula is C20H30O. The van der Waals surface area contributed by atoms with E-state index in [1.165, 1.54) is 25.7 Å². The smallest absolute Gasteiger partial charge is 0.0875 e. The van der Waals surface area contributed by atoms with E-state index in [0.29, 0.717) is 0 Å². The Bertz CT molecular complexity index is 445. The Balaban J connectivity index is 1.41. The van der Waals surface area contributed by atoms with Gasteiger partial charge in [-0.1, -0.05) is 32.1 Å². The molecule has 1 aliphatic heterocycles. The zero-order valence-corrected chi connectivity index (χ0v) is 13.3. The first-order chi connectivity index (χ1) is 10.4.